The van der Waals surface area contributed by atoms with Gasteiger partial charge < -0.3 is 20.4 Å². The predicted octanol–water partition coefficient (Wildman–Crippen LogP) is 8.11. The van der Waals surface area contributed by atoms with Crippen LogP contribution in [-0.4, -0.2) is 43.5 Å². The molecule has 1 saturated heterocycles. The van der Waals surface area contributed by atoms with E-state index in [0.29, 0.717) is 11.6 Å². The van der Waals surface area contributed by atoms with Crippen molar-refractivity contribution in [3.05, 3.63) is 92.9 Å². The van der Waals surface area contributed by atoms with Gasteiger partial charge in [0.1, 0.15) is 11.2 Å². The van der Waals surface area contributed by atoms with E-state index in [-0.39, 0.29) is 5.91 Å². The van der Waals surface area contributed by atoms with Crippen LogP contribution in [-0.2, 0) is 6.54 Å². The fraction of sp³-hybridized carbons (Fsp3) is 0.294. The number of thiazole rings is 1. The van der Waals surface area contributed by atoms with Crippen LogP contribution in [0.15, 0.2) is 82.2 Å². The summed E-state index contributed by atoms with van der Waals surface area (Å²) in [6.45, 7) is 10.3. The van der Waals surface area contributed by atoms with Gasteiger partial charge in [-0.05, 0) is 87.5 Å². The molecule has 1 fully saturated rings. The first-order chi connectivity index (χ1) is 20.8. The molecule has 4 aromatic rings. The molecule has 0 unspecified atom stereocenters. The molecule has 0 spiro atoms. The first kappa shape index (κ1) is 29.8. The number of allylic oxidation sites excluding steroid dienone is 2. The lowest BCUT2D eigenvalue weighted by atomic mass is 10.1. The second kappa shape index (κ2) is 12.7. The smallest absolute Gasteiger partial charge is 0.263 e. The second-order valence-corrected chi connectivity index (χ2v) is 13.5. The van der Waals surface area contributed by atoms with Gasteiger partial charge in [0, 0.05) is 58.6 Å². The van der Waals surface area contributed by atoms with Crippen LogP contribution < -0.4 is 20.1 Å². The van der Waals surface area contributed by atoms with Gasteiger partial charge in [-0.25, -0.2) is 0 Å². The fourth-order valence-corrected chi connectivity index (χ4v) is 8.20. The zero-order valence-corrected chi connectivity index (χ0v) is 27.4. The highest BCUT2D eigenvalue weighted by molar-refractivity contribution is 8.03. The Hall–Kier alpha value is -3.30. The third kappa shape index (κ3) is 6.34. The van der Waals surface area contributed by atoms with Gasteiger partial charge in [0.25, 0.3) is 10.9 Å². The lowest BCUT2D eigenvalue weighted by molar-refractivity contribution is -0.665. The molecule has 43 heavy (non-hydrogen) atoms. The molecule has 1 amide bonds. The minimum atomic E-state index is -0.108. The Kier molecular flexibility index (Phi) is 8.82. The largest absolute Gasteiger partial charge is 0.380 e. The van der Waals surface area contributed by atoms with E-state index in [1.54, 1.807) is 23.1 Å². The number of benzene rings is 3. The number of fused-ring (bicyclic) bond motifs is 2. The normalized spacial score (nSPS) is 16.5. The average molecular weight is 631 g/mol. The summed E-state index contributed by atoms with van der Waals surface area (Å²) in [5.74, 6) is -0.108. The number of halogens is 1. The number of nitrogens with one attached hydrogen (secondary N) is 2. The van der Waals surface area contributed by atoms with E-state index in [0.717, 1.165) is 54.5 Å². The summed E-state index contributed by atoms with van der Waals surface area (Å²) in [6, 6.07) is 20.5. The van der Waals surface area contributed by atoms with E-state index in [9.17, 15) is 4.79 Å². The summed E-state index contributed by atoms with van der Waals surface area (Å²) in [6.07, 6.45) is 5.54. The van der Waals surface area contributed by atoms with Crippen molar-refractivity contribution in [3.8, 4) is 0 Å². The van der Waals surface area contributed by atoms with Crippen molar-refractivity contribution in [2.45, 2.75) is 44.7 Å². The van der Waals surface area contributed by atoms with Crippen molar-refractivity contribution in [2.24, 2.45) is 0 Å². The highest BCUT2D eigenvalue weighted by Crippen LogP contribution is 2.47. The number of likely N-dealkylation sites (N-methyl/N-ethyl adjacent to an activating group) is 1. The summed E-state index contributed by atoms with van der Waals surface area (Å²) in [7, 11) is 2.11. The van der Waals surface area contributed by atoms with Crippen LogP contribution in [0.4, 0.5) is 17.1 Å². The molecule has 6 nitrogen and oxygen atoms in total. The van der Waals surface area contributed by atoms with E-state index in [1.165, 1.54) is 30.9 Å². The number of hydrogen-bond acceptors (Lipinski definition) is 6. The van der Waals surface area contributed by atoms with Gasteiger partial charge in [-0.15, -0.1) is 0 Å². The number of nitrogens with zero attached hydrogens (tertiary/aromatic N) is 3. The van der Waals surface area contributed by atoms with Gasteiger partial charge in [-0.2, -0.15) is 4.57 Å². The van der Waals surface area contributed by atoms with Crippen LogP contribution >= 0.6 is 34.7 Å². The van der Waals surface area contributed by atoms with Crippen molar-refractivity contribution in [2.75, 3.05) is 42.2 Å². The Morgan fingerprint density at radius 2 is 1.91 bits per heavy atom. The summed E-state index contributed by atoms with van der Waals surface area (Å²) >= 11 is 9.89. The Bertz CT molecular complexity index is 1740. The van der Waals surface area contributed by atoms with Crippen LogP contribution in [0.5, 0.6) is 0 Å². The molecule has 222 valence electrons. The van der Waals surface area contributed by atoms with Crippen molar-refractivity contribution >= 4 is 74.0 Å². The molecule has 3 heterocycles. The Labute approximate surface area is 267 Å². The van der Waals surface area contributed by atoms with Crippen LogP contribution in [0, 0.1) is 0 Å². The molecule has 0 aliphatic carbocycles. The van der Waals surface area contributed by atoms with Gasteiger partial charge >= 0.3 is 0 Å². The Morgan fingerprint density at radius 1 is 1.07 bits per heavy atom. The number of hydrogen-bond donors (Lipinski definition) is 2. The fourth-order valence-electron chi connectivity index (χ4n) is 5.66. The van der Waals surface area contributed by atoms with E-state index in [1.807, 2.05) is 36.4 Å². The zero-order valence-electron chi connectivity index (χ0n) is 25.0. The van der Waals surface area contributed by atoms with E-state index in [4.69, 9.17) is 11.6 Å². The van der Waals surface area contributed by atoms with Crippen LogP contribution in [0.1, 0.15) is 42.6 Å². The predicted molar refractivity (Wildman–Crippen MR) is 184 cm³/mol. The maximum Gasteiger partial charge on any atom is 0.263 e. The van der Waals surface area contributed by atoms with Gasteiger partial charge in [0.2, 0.25) is 5.52 Å². The first-order valence-corrected chi connectivity index (χ1v) is 16.9. The van der Waals surface area contributed by atoms with Crippen LogP contribution in [0.25, 0.3) is 16.3 Å². The molecule has 2 aliphatic heterocycles. The molecular weight excluding hydrogens is 594 g/mol. The molecule has 2 N–H and O–H groups in total. The molecular formula is C34H37ClN5OS2+. The molecule has 0 bridgehead atoms. The highest BCUT2D eigenvalue weighted by Gasteiger charge is 2.25. The standard InChI is InChI=1S/C34H36ClN5OS2/c1-5-22(15-32-39(6-2)28-18-24(35)11-13-30(28)42-32)16-33-40(7-3)29-19-26(12-14-31(29)43-33)37-34(41)23-9-8-10-25(17-23)36-27-20-38(4)21-27/h8-19,27,36H,5-7,20-21H2,1-4H3/p+1. The maximum atomic E-state index is 13.2. The van der Waals surface area contributed by atoms with Gasteiger partial charge in [-0.3, -0.25) is 4.79 Å². The Balaban J connectivity index is 1.23. The topological polar surface area (TPSA) is 51.5 Å². The summed E-state index contributed by atoms with van der Waals surface area (Å²) < 4.78 is 3.52. The average Bonchev–Trinajstić information content (AvgIpc) is 3.51. The van der Waals surface area contributed by atoms with E-state index < -0.39 is 0 Å². The lowest BCUT2D eigenvalue weighted by Crippen LogP contribution is -2.52. The SMILES string of the molecule is CCC(=Cc1sc2ccc(NC(=O)c3cccc(NC4CN(C)C4)c3)cc2[n+]1CC)C=C1Sc2ccc(Cl)cc2N1CC. The summed E-state index contributed by atoms with van der Waals surface area (Å²) in [5, 5.41) is 9.83. The van der Waals surface area contributed by atoms with E-state index >= 15 is 0 Å². The second-order valence-electron chi connectivity index (χ2n) is 11.0. The molecule has 0 saturated carbocycles. The monoisotopic (exact) mass is 630 g/mol. The summed E-state index contributed by atoms with van der Waals surface area (Å²) in [5.41, 5.74) is 5.98. The Morgan fingerprint density at radius 3 is 2.65 bits per heavy atom. The van der Waals surface area contributed by atoms with Crippen molar-refractivity contribution in [3.63, 3.8) is 0 Å². The maximum absolute atomic E-state index is 13.2. The molecule has 0 atom stereocenters. The number of carbonyl (C=O) groups excluding carboxylic acids is 1. The third-order valence-electron chi connectivity index (χ3n) is 7.90. The number of thioether (sulfide) groups is 1. The minimum Gasteiger partial charge on any atom is -0.380 e. The molecule has 6 rings (SSSR count). The van der Waals surface area contributed by atoms with Gasteiger partial charge in [-0.1, -0.05) is 47.7 Å². The number of carbonyl (C=O) groups is 1. The molecule has 2 aliphatic rings. The van der Waals surface area contributed by atoms with Crippen molar-refractivity contribution < 1.29 is 9.36 Å². The van der Waals surface area contributed by atoms with Crippen LogP contribution in [0.2, 0.25) is 5.02 Å². The first-order valence-electron chi connectivity index (χ1n) is 14.8. The van der Waals surface area contributed by atoms with E-state index in [2.05, 4.69) is 89.2 Å². The zero-order chi connectivity index (χ0) is 30.1. The summed E-state index contributed by atoms with van der Waals surface area (Å²) in [4.78, 5) is 19.0. The van der Waals surface area contributed by atoms with Crippen molar-refractivity contribution in [1.82, 2.24) is 4.90 Å². The third-order valence-corrected chi connectivity index (χ3v) is 10.4. The van der Waals surface area contributed by atoms with Gasteiger partial charge in [0.05, 0.1) is 16.8 Å². The lowest BCUT2D eigenvalue weighted by Gasteiger charge is -2.37. The molecule has 3 aromatic carbocycles. The number of amides is 1. The van der Waals surface area contributed by atoms with Gasteiger partial charge in [0.15, 0.2) is 0 Å². The number of aromatic nitrogens is 1. The number of aryl methyl sites for hydroxylation is 1. The van der Waals surface area contributed by atoms with Crippen molar-refractivity contribution in [1.29, 1.82) is 0 Å². The number of likely N-dealkylation sites (tertiary alicyclic amines) is 1. The van der Waals surface area contributed by atoms with Crippen LogP contribution in [0.3, 0.4) is 0 Å². The molecule has 1 aromatic heterocycles. The molecule has 0 radical (unpaired) electrons. The molecule has 9 heteroatoms. The quantitative estimate of drug-likeness (QED) is 0.183. The number of rotatable bonds is 9. The highest BCUT2D eigenvalue weighted by atomic mass is 35.5. The number of anilines is 3. The minimum absolute atomic E-state index is 0.108.